The lowest BCUT2D eigenvalue weighted by atomic mass is 10.0. The van der Waals surface area contributed by atoms with Gasteiger partial charge in [-0.1, -0.05) is 29.3 Å². The Morgan fingerprint density at radius 1 is 1.06 bits per heavy atom. The Bertz CT molecular complexity index is 1280. The summed E-state index contributed by atoms with van der Waals surface area (Å²) < 4.78 is 42.7. The summed E-state index contributed by atoms with van der Waals surface area (Å²) in [6.45, 7) is 0. The van der Waals surface area contributed by atoms with Gasteiger partial charge < -0.3 is 15.1 Å². The van der Waals surface area contributed by atoms with Crippen LogP contribution in [0.4, 0.5) is 18.0 Å². The van der Waals surface area contributed by atoms with E-state index >= 15 is 0 Å². The fraction of sp³-hybridized carbons (Fsp3) is 0.0500. The molecule has 2 aromatic carbocycles. The third kappa shape index (κ3) is 3.45. The van der Waals surface area contributed by atoms with Gasteiger partial charge in [0.15, 0.2) is 5.82 Å². The summed E-state index contributed by atoms with van der Waals surface area (Å²) in [5.74, 6) is -4.07. The molecule has 1 aromatic heterocycles. The van der Waals surface area contributed by atoms with E-state index < -0.39 is 41.0 Å². The zero-order valence-corrected chi connectivity index (χ0v) is 16.7. The normalized spacial score (nSPS) is 16.3. The first kappa shape index (κ1) is 21.0. The van der Waals surface area contributed by atoms with Crippen molar-refractivity contribution in [3.05, 3.63) is 74.8 Å². The maximum Gasteiger partial charge on any atom is 0.329 e. The second kappa shape index (κ2) is 7.75. The van der Waals surface area contributed by atoms with Gasteiger partial charge in [-0.05, 0) is 24.3 Å². The van der Waals surface area contributed by atoms with Crippen LogP contribution in [0.5, 0.6) is 0 Å². The number of aldehydes is 1. The minimum absolute atomic E-state index is 0.0683. The van der Waals surface area contributed by atoms with Crippen molar-refractivity contribution < 1.29 is 27.6 Å². The molecule has 0 aliphatic carbocycles. The topological polar surface area (TPSA) is 82.3 Å². The number of H-pyrrole nitrogens is 1. The van der Waals surface area contributed by atoms with Crippen molar-refractivity contribution in [2.24, 2.45) is 0 Å². The Hall–Kier alpha value is -3.30. The predicted octanol–water partition coefficient (Wildman–Crippen LogP) is 4.72. The van der Waals surface area contributed by atoms with E-state index in [9.17, 15) is 27.6 Å². The Morgan fingerprint density at radius 3 is 2.39 bits per heavy atom. The lowest BCUT2D eigenvalue weighted by Gasteiger charge is -2.21. The van der Waals surface area contributed by atoms with Gasteiger partial charge in [-0.2, -0.15) is 0 Å². The number of fused-ring (bicyclic) bond motifs is 1. The molecule has 0 bridgehead atoms. The average Bonchev–Trinajstić information content (AvgIpc) is 3.23. The molecule has 1 saturated heterocycles. The monoisotopic (exact) mass is 467 g/mol. The third-order valence-corrected chi connectivity index (χ3v) is 5.24. The summed E-state index contributed by atoms with van der Waals surface area (Å²) in [4.78, 5) is 39.9. The Labute approximate surface area is 182 Å². The van der Waals surface area contributed by atoms with Crippen molar-refractivity contribution in [3.8, 4) is 0 Å². The van der Waals surface area contributed by atoms with Crippen LogP contribution >= 0.6 is 23.2 Å². The number of benzene rings is 2. The second-order valence-electron chi connectivity index (χ2n) is 6.56. The molecule has 4 rings (SSSR count). The number of imide groups is 1. The average molecular weight is 468 g/mol. The van der Waals surface area contributed by atoms with E-state index in [0.717, 1.165) is 12.1 Å². The number of hydrogen-bond donors (Lipinski definition) is 2. The van der Waals surface area contributed by atoms with E-state index in [-0.39, 0.29) is 27.5 Å². The summed E-state index contributed by atoms with van der Waals surface area (Å²) in [5.41, 5.74) is -0.650. The fourth-order valence-electron chi connectivity index (χ4n) is 3.33. The van der Waals surface area contributed by atoms with Crippen molar-refractivity contribution in [3.63, 3.8) is 0 Å². The SMILES string of the molecule is O=CC(c1c(F)cc(Cl)cc1F)N1C(=O)N/C(=C\c2c[nH]c3c(F)c(Cl)ccc23)C1=O. The Kier molecular flexibility index (Phi) is 5.24. The smallest absolute Gasteiger partial charge is 0.329 e. The molecule has 158 valence electrons. The minimum Gasteiger partial charge on any atom is -0.358 e. The molecule has 31 heavy (non-hydrogen) atoms. The zero-order valence-electron chi connectivity index (χ0n) is 15.2. The highest BCUT2D eigenvalue weighted by Gasteiger charge is 2.41. The summed E-state index contributed by atoms with van der Waals surface area (Å²) in [6, 6.07) is 1.43. The first-order valence-electron chi connectivity index (χ1n) is 8.64. The van der Waals surface area contributed by atoms with Crippen LogP contribution in [-0.2, 0) is 9.59 Å². The van der Waals surface area contributed by atoms with Crippen LogP contribution < -0.4 is 5.32 Å². The van der Waals surface area contributed by atoms with Crippen molar-refractivity contribution in [2.45, 2.75) is 6.04 Å². The highest BCUT2D eigenvalue weighted by molar-refractivity contribution is 6.31. The largest absolute Gasteiger partial charge is 0.358 e. The highest BCUT2D eigenvalue weighted by atomic mass is 35.5. The molecule has 1 unspecified atom stereocenters. The van der Waals surface area contributed by atoms with E-state index in [1.807, 2.05) is 0 Å². The highest BCUT2D eigenvalue weighted by Crippen LogP contribution is 2.32. The molecule has 1 aliphatic rings. The van der Waals surface area contributed by atoms with Gasteiger partial charge in [-0.15, -0.1) is 0 Å². The summed E-state index contributed by atoms with van der Waals surface area (Å²) in [7, 11) is 0. The van der Waals surface area contributed by atoms with Crippen LogP contribution in [0.1, 0.15) is 17.2 Å². The van der Waals surface area contributed by atoms with Crippen LogP contribution in [0, 0.1) is 17.5 Å². The molecular weight excluding hydrogens is 458 g/mol. The van der Waals surface area contributed by atoms with Crippen molar-refractivity contribution in [1.82, 2.24) is 15.2 Å². The second-order valence-corrected chi connectivity index (χ2v) is 7.40. The van der Waals surface area contributed by atoms with Gasteiger partial charge in [0.2, 0.25) is 0 Å². The lowest BCUT2D eigenvalue weighted by molar-refractivity contribution is -0.128. The van der Waals surface area contributed by atoms with Gasteiger partial charge in [0.25, 0.3) is 5.91 Å². The molecule has 2 heterocycles. The van der Waals surface area contributed by atoms with E-state index in [2.05, 4.69) is 10.3 Å². The Balaban J connectivity index is 1.74. The first-order chi connectivity index (χ1) is 14.7. The number of rotatable bonds is 4. The minimum atomic E-state index is -1.87. The number of nitrogens with one attached hydrogen (secondary N) is 2. The summed E-state index contributed by atoms with van der Waals surface area (Å²) >= 11 is 11.3. The predicted molar refractivity (Wildman–Crippen MR) is 107 cm³/mol. The van der Waals surface area contributed by atoms with Gasteiger partial charge in [-0.3, -0.25) is 4.79 Å². The van der Waals surface area contributed by atoms with Crippen LogP contribution in [0.15, 0.2) is 36.2 Å². The number of urea groups is 1. The van der Waals surface area contributed by atoms with Crippen molar-refractivity contribution in [2.75, 3.05) is 0 Å². The molecule has 3 amide bonds. The van der Waals surface area contributed by atoms with Crippen LogP contribution in [-0.4, -0.2) is 28.1 Å². The van der Waals surface area contributed by atoms with E-state index in [1.165, 1.54) is 24.4 Å². The summed E-state index contributed by atoms with van der Waals surface area (Å²) in [5, 5.41) is 2.26. The first-order valence-corrected chi connectivity index (χ1v) is 9.39. The number of halogens is 5. The quantitative estimate of drug-likeness (QED) is 0.330. The van der Waals surface area contributed by atoms with E-state index in [0.29, 0.717) is 15.8 Å². The number of aromatic amines is 1. The number of amides is 3. The van der Waals surface area contributed by atoms with Gasteiger partial charge in [0, 0.05) is 22.2 Å². The molecular formula is C20H10Cl2F3N3O3. The number of hydrogen-bond acceptors (Lipinski definition) is 3. The molecule has 0 spiro atoms. The molecule has 6 nitrogen and oxygen atoms in total. The van der Waals surface area contributed by atoms with Crippen LogP contribution in [0.25, 0.3) is 17.0 Å². The lowest BCUT2D eigenvalue weighted by Crippen LogP contribution is -2.36. The fourth-order valence-corrected chi connectivity index (χ4v) is 3.68. The van der Waals surface area contributed by atoms with Crippen molar-refractivity contribution in [1.29, 1.82) is 0 Å². The number of carbonyl (C=O) groups excluding carboxylic acids is 3. The number of carbonyl (C=O) groups is 3. The molecule has 11 heteroatoms. The van der Waals surface area contributed by atoms with Crippen molar-refractivity contribution >= 4 is 58.4 Å². The maximum absolute atomic E-state index is 14.3. The van der Waals surface area contributed by atoms with Crippen LogP contribution in [0.3, 0.4) is 0 Å². The maximum atomic E-state index is 14.3. The van der Waals surface area contributed by atoms with Gasteiger partial charge >= 0.3 is 6.03 Å². The summed E-state index contributed by atoms with van der Waals surface area (Å²) in [6.07, 6.45) is 2.69. The molecule has 2 N–H and O–H groups in total. The number of aromatic nitrogens is 1. The molecule has 3 aromatic rings. The molecule has 1 atom stereocenters. The third-order valence-electron chi connectivity index (χ3n) is 4.73. The van der Waals surface area contributed by atoms with Gasteiger partial charge in [0.05, 0.1) is 16.1 Å². The zero-order chi connectivity index (χ0) is 22.4. The molecule has 0 radical (unpaired) electrons. The number of nitrogens with zero attached hydrogens (tertiary/aromatic N) is 1. The van der Waals surface area contributed by atoms with Crippen LogP contribution in [0.2, 0.25) is 10.0 Å². The molecule has 1 fully saturated rings. The van der Waals surface area contributed by atoms with Gasteiger partial charge in [-0.25, -0.2) is 22.9 Å². The molecule has 0 saturated carbocycles. The van der Waals surface area contributed by atoms with E-state index in [4.69, 9.17) is 23.2 Å². The standard InChI is InChI=1S/C20H10Cl2F3N3O3/c21-9-4-12(23)16(13(24)5-9)15(7-29)28-19(30)14(27-20(28)31)3-8-6-26-18-10(8)1-2-11(22)17(18)25/h1-7,15,26H,(H,27,31)/b14-3-. The van der Waals surface area contributed by atoms with E-state index in [1.54, 1.807) is 0 Å². The Morgan fingerprint density at radius 2 is 1.74 bits per heavy atom. The van der Waals surface area contributed by atoms with Gasteiger partial charge in [0.1, 0.15) is 29.7 Å². The molecule has 1 aliphatic heterocycles.